The number of likely N-dealkylation sites (tertiary alicyclic amines) is 1. The number of hydrogen-bond acceptors (Lipinski definition) is 2. The van der Waals surface area contributed by atoms with E-state index in [0.717, 1.165) is 18.6 Å². The smallest absolute Gasteiger partial charge is 0.00697 e. The molecule has 84 valence electrons. The summed E-state index contributed by atoms with van der Waals surface area (Å²) in [5, 5.41) is 3.21. The van der Waals surface area contributed by atoms with Crippen molar-refractivity contribution >= 4 is 0 Å². The average Bonchev–Trinajstić information content (AvgIpc) is 2.16. The van der Waals surface area contributed by atoms with Crippen LogP contribution in [0.15, 0.2) is 0 Å². The molecule has 0 aromatic heterocycles. The fourth-order valence-corrected chi connectivity index (χ4v) is 2.51. The molecule has 1 N–H and O–H groups in total. The summed E-state index contributed by atoms with van der Waals surface area (Å²) in [6, 6.07) is 1.63. The minimum atomic E-state index is 0.813. The highest BCUT2D eigenvalue weighted by Crippen LogP contribution is 2.22. The molecular weight excluding hydrogens is 172 g/mol. The predicted octanol–water partition coefficient (Wildman–Crippen LogP) is 2.25. The van der Waals surface area contributed by atoms with Gasteiger partial charge in [0.15, 0.2) is 0 Å². The van der Waals surface area contributed by atoms with Crippen LogP contribution in [0, 0.1) is 0 Å². The molecule has 1 heterocycles. The van der Waals surface area contributed by atoms with Gasteiger partial charge in [0.2, 0.25) is 0 Å². The van der Waals surface area contributed by atoms with Crippen molar-refractivity contribution < 1.29 is 0 Å². The fourth-order valence-electron chi connectivity index (χ4n) is 2.51. The van der Waals surface area contributed by atoms with Gasteiger partial charge in [0.05, 0.1) is 0 Å². The topological polar surface area (TPSA) is 15.3 Å². The molecule has 1 aliphatic heterocycles. The zero-order valence-corrected chi connectivity index (χ0v) is 10.1. The molecule has 0 amide bonds. The van der Waals surface area contributed by atoms with Crippen molar-refractivity contribution in [1.29, 1.82) is 0 Å². The standard InChI is InChI=1S/C12H26N2/c1-11-7-6-8-12(2)14(11)10-5-4-9-13-3/h11-13H,4-10H2,1-3H3/t11-,12+. The fraction of sp³-hybridized carbons (Fsp3) is 1.00. The van der Waals surface area contributed by atoms with Crippen LogP contribution in [-0.4, -0.2) is 37.1 Å². The quantitative estimate of drug-likeness (QED) is 0.682. The van der Waals surface area contributed by atoms with Gasteiger partial charge in [-0.2, -0.15) is 0 Å². The summed E-state index contributed by atoms with van der Waals surface area (Å²) in [5.74, 6) is 0. The molecule has 2 atom stereocenters. The second-order valence-corrected chi connectivity index (χ2v) is 4.68. The molecular formula is C12H26N2. The first kappa shape index (κ1) is 12.0. The van der Waals surface area contributed by atoms with Crippen molar-refractivity contribution in [2.24, 2.45) is 0 Å². The summed E-state index contributed by atoms with van der Waals surface area (Å²) in [6.45, 7) is 7.22. The number of nitrogens with zero attached hydrogens (tertiary/aromatic N) is 1. The van der Waals surface area contributed by atoms with Gasteiger partial charge < -0.3 is 5.32 Å². The zero-order chi connectivity index (χ0) is 10.4. The molecule has 0 aliphatic carbocycles. The van der Waals surface area contributed by atoms with Crippen LogP contribution in [0.2, 0.25) is 0 Å². The number of unbranched alkanes of at least 4 members (excludes halogenated alkanes) is 1. The van der Waals surface area contributed by atoms with Crippen LogP contribution >= 0.6 is 0 Å². The number of piperidine rings is 1. The summed E-state index contributed by atoms with van der Waals surface area (Å²) >= 11 is 0. The average molecular weight is 198 g/mol. The Balaban J connectivity index is 2.19. The Morgan fingerprint density at radius 2 is 1.79 bits per heavy atom. The molecule has 0 aromatic rings. The second kappa shape index (κ2) is 6.41. The lowest BCUT2D eigenvalue weighted by Crippen LogP contribution is -2.44. The first-order chi connectivity index (χ1) is 6.75. The molecule has 1 saturated heterocycles. The van der Waals surface area contributed by atoms with Gasteiger partial charge in [0.25, 0.3) is 0 Å². The molecule has 2 heteroatoms. The van der Waals surface area contributed by atoms with Gasteiger partial charge in [-0.3, -0.25) is 4.90 Å². The maximum atomic E-state index is 3.21. The maximum absolute atomic E-state index is 3.21. The van der Waals surface area contributed by atoms with Crippen molar-refractivity contribution in [3.63, 3.8) is 0 Å². The Morgan fingerprint density at radius 1 is 1.14 bits per heavy atom. The minimum absolute atomic E-state index is 0.813. The Bertz CT molecular complexity index is 137. The summed E-state index contributed by atoms with van der Waals surface area (Å²) in [5.41, 5.74) is 0. The van der Waals surface area contributed by atoms with Crippen molar-refractivity contribution in [2.45, 2.75) is 58.0 Å². The summed E-state index contributed by atoms with van der Waals surface area (Å²) < 4.78 is 0. The summed E-state index contributed by atoms with van der Waals surface area (Å²) in [4.78, 5) is 2.69. The Hall–Kier alpha value is -0.0800. The Labute approximate surface area is 89.1 Å². The van der Waals surface area contributed by atoms with E-state index < -0.39 is 0 Å². The lowest BCUT2D eigenvalue weighted by atomic mass is 9.97. The van der Waals surface area contributed by atoms with Crippen molar-refractivity contribution in [3.8, 4) is 0 Å². The van der Waals surface area contributed by atoms with E-state index in [4.69, 9.17) is 0 Å². The monoisotopic (exact) mass is 198 g/mol. The van der Waals surface area contributed by atoms with Crippen LogP contribution in [0.5, 0.6) is 0 Å². The maximum Gasteiger partial charge on any atom is 0.00697 e. The molecule has 0 unspecified atom stereocenters. The third-order valence-corrected chi connectivity index (χ3v) is 3.47. The van der Waals surface area contributed by atoms with Gasteiger partial charge in [-0.05, 0) is 59.7 Å². The molecule has 14 heavy (non-hydrogen) atoms. The lowest BCUT2D eigenvalue weighted by molar-refractivity contribution is 0.101. The van der Waals surface area contributed by atoms with E-state index in [-0.39, 0.29) is 0 Å². The molecule has 0 aromatic carbocycles. The first-order valence-corrected chi connectivity index (χ1v) is 6.16. The predicted molar refractivity (Wildman–Crippen MR) is 62.6 cm³/mol. The third-order valence-electron chi connectivity index (χ3n) is 3.47. The SMILES string of the molecule is CNCCCCN1[C@H](C)CCC[C@@H]1C. The van der Waals surface area contributed by atoms with Gasteiger partial charge in [0.1, 0.15) is 0 Å². The molecule has 0 radical (unpaired) electrons. The summed E-state index contributed by atoms with van der Waals surface area (Å²) in [6.07, 6.45) is 6.88. The molecule has 0 bridgehead atoms. The van der Waals surface area contributed by atoms with E-state index in [2.05, 4.69) is 24.1 Å². The van der Waals surface area contributed by atoms with E-state index in [9.17, 15) is 0 Å². The molecule has 1 rings (SSSR count). The van der Waals surface area contributed by atoms with Crippen LogP contribution in [0.4, 0.5) is 0 Å². The van der Waals surface area contributed by atoms with Gasteiger partial charge in [-0.25, -0.2) is 0 Å². The van der Waals surface area contributed by atoms with Crippen LogP contribution < -0.4 is 5.32 Å². The lowest BCUT2D eigenvalue weighted by Gasteiger charge is -2.39. The summed E-state index contributed by atoms with van der Waals surface area (Å²) in [7, 11) is 2.03. The van der Waals surface area contributed by atoms with Crippen molar-refractivity contribution in [1.82, 2.24) is 10.2 Å². The molecule has 1 aliphatic rings. The zero-order valence-electron chi connectivity index (χ0n) is 10.1. The highest BCUT2D eigenvalue weighted by Gasteiger charge is 2.23. The second-order valence-electron chi connectivity index (χ2n) is 4.68. The van der Waals surface area contributed by atoms with Gasteiger partial charge in [-0.15, -0.1) is 0 Å². The number of rotatable bonds is 5. The van der Waals surface area contributed by atoms with E-state index in [1.54, 1.807) is 0 Å². The van der Waals surface area contributed by atoms with Gasteiger partial charge in [0, 0.05) is 12.1 Å². The molecule has 0 spiro atoms. The van der Waals surface area contributed by atoms with Crippen LogP contribution in [0.25, 0.3) is 0 Å². The largest absolute Gasteiger partial charge is 0.320 e. The first-order valence-electron chi connectivity index (χ1n) is 6.16. The van der Waals surface area contributed by atoms with Crippen molar-refractivity contribution in [2.75, 3.05) is 20.1 Å². The van der Waals surface area contributed by atoms with Crippen LogP contribution in [0.1, 0.15) is 46.0 Å². The van der Waals surface area contributed by atoms with Crippen LogP contribution in [-0.2, 0) is 0 Å². The van der Waals surface area contributed by atoms with E-state index in [1.807, 2.05) is 7.05 Å². The normalized spacial score (nSPS) is 29.4. The number of hydrogen-bond donors (Lipinski definition) is 1. The van der Waals surface area contributed by atoms with E-state index in [0.29, 0.717) is 0 Å². The van der Waals surface area contributed by atoms with Gasteiger partial charge >= 0.3 is 0 Å². The highest BCUT2D eigenvalue weighted by atomic mass is 15.2. The van der Waals surface area contributed by atoms with E-state index >= 15 is 0 Å². The minimum Gasteiger partial charge on any atom is -0.320 e. The molecule has 0 saturated carbocycles. The number of nitrogens with one attached hydrogen (secondary N) is 1. The molecule has 1 fully saturated rings. The Morgan fingerprint density at radius 3 is 2.36 bits per heavy atom. The van der Waals surface area contributed by atoms with Crippen molar-refractivity contribution in [3.05, 3.63) is 0 Å². The third kappa shape index (κ3) is 3.58. The Kier molecular flexibility index (Phi) is 5.49. The van der Waals surface area contributed by atoms with Gasteiger partial charge in [-0.1, -0.05) is 6.42 Å². The highest BCUT2D eigenvalue weighted by molar-refractivity contribution is 4.79. The van der Waals surface area contributed by atoms with E-state index in [1.165, 1.54) is 38.6 Å². The molecule has 2 nitrogen and oxygen atoms in total. The van der Waals surface area contributed by atoms with Crippen LogP contribution in [0.3, 0.4) is 0 Å².